The van der Waals surface area contributed by atoms with Gasteiger partial charge in [-0.2, -0.15) is 0 Å². The maximum Gasteiger partial charge on any atom is 0.319 e. The predicted molar refractivity (Wildman–Crippen MR) is 89.9 cm³/mol. The summed E-state index contributed by atoms with van der Waals surface area (Å²) in [5, 5.41) is 5.62. The first-order valence-electron chi connectivity index (χ1n) is 7.13. The molecule has 0 aliphatic rings. The molecule has 0 spiro atoms. The van der Waals surface area contributed by atoms with E-state index in [9.17, 15) is 9.18 Å². The molecule has 0 saturated heterocycles. The molecule has 0 fully saturated rings. The van der Waals surface area contributed by atoms with Crippen LogP contribution < -0.4 is 10.6 Å². The molecule has 116 valence electrons. The number of benzene rings is 2. The second-order valence-electron chi connectivity index (χ2n) is 4.91. The van der Waals surface area contributed by atoms with Crippen LogP contribution >= 0.6 is 11.8 Å². The third-order valence-corrected chi connectivity index (χ3v) is 4.06. The van der Waals surface area contributed by atoms with Gasteiger partial charge in [0.2, 0.25) is 0 Å². The summed E-state index contributed by atoms with van der Waals surface area (Å²) in [5.41, 5.74) is 1.90. The van der Waals surface area contributed by atoms with Gasteiger partial charge in [0.1, 0.15) is 5.82 Å². The van der Waals surface area contributed by atoms with E-state index in [1.165, 1.54) is 12.1 Å². The zero-order valence-corrected chi connectivity index (χ0v) is 13.3. The van der Waals surface area contributed by atoms with E-state index < -0.39 is 0 Å². The zero-order chi connectivity index (χ0) is 15.8. The number of aryl methyl sites for hydroxylation is 1. The Balaban J connectivity index is 1.62. The van der Waals surface area contributed by atoms with E-state index in [2.05, 4.69) is 10.6 Å². The van der Waals surface area contributed by atoms with Crippen LogP contribution in [0.25, 0.3) is 0 Å². The standard InChI is InChI=1S/C17H19FN2OS/c1-13-4-2-5-15(12-13)20-17(21)19-10-3-11-22-16-8-6-14(18)7-9-16/h2,4-9,12H,3,10-11H2,1H3,(H2,19,20,21). The number of carbonyl (C=O) groups excluding carboxylic acids is 1. The lowest BCUT2D eigenvalue weighted by molar-refractivity contribution is 0.252. The molecule has 0 atom stereocenters. The van der Waals surface area contributed by atoms with E-state index in [4.69, 9.17) is 0 Å². The van der Waals surface area contributed by atoms with Crippen LogP contribution in [-0.4, -0.2) is 18.3 Å². The number of nitrogens with one attached hydrogen (secondary N) is 2. The lowest BCUT2D eigenvalue weighted by Crippen LogP contribution is -2.29. The van der Waals surface area contributed by atoms with Crippen molar-refractivity contribution in [3.63, 3.8) is 0 Å². The van der Waals surface area contributed by atoms with Crippen molar-refractivity contribution in [3.8, 4) is 0 Å². The fourth-order valence-corrected chi connectivity index (χ4v) is 2.75. The number of hydrogen-bond acceptors (Lipinski definition) is 2. The molecular formula is C17H19FN2OS. The number of amides is 2. The van der Waals surface area contributed by atoms with Gasteiger partial charge in [0.15, 0.2) is 0 Å². The van der Waals surface area contributed by atoms with Crippen molar-refractivity contribution < 1.29 is 9.18 Å². The highest BCUT2D eigenvalue weighted by molar-refractivity contribution is 7.99. The number of urea groups is 1. The molecule has 0 saturated carbocycles. The minimum absolute atomic E-state index is 0.197. The third-order valence-electron chi connectivity index (χ3n) is 2.96. The first kappa shape index (κ1) is 16.4. The van der Waals surface area contributed by atoms with Crippen LogP contribution in [0, 0.1) is 12.7 Å². The molecule has 2 N–H and O–H groups in total. The van der Waals surface area contributed by atoms with Crippen LogP contribution in [0.3, 0.4) is 0 Å². The summed E-state index contributed by atoms with van der Waals surface area (Å²) in [5.74, 6) is 0.648. The van der Waals surface area contributed by atoms with E-state index in [1.807, 2.05) is 31.2 Å². The smallest absolute Gasteiger partial charge is 0.319 e. The highest BCUT2D eigenvalue weighted by atomic mass is 32.2. The summed E-state index contributed by atoms with van der Waals surface area (Å²) < 4.78 is 12.8. The van der Waals surface area contributed by atoms with Crippen molar-refractivity contribution in [2.24, 2.45) is 0 Å². The first-order valence-corrected chi connectivity index (χ1v) is 8.12. The normalized spacial score (nSPS) is 10.3. The minimum Gasteiger partial charge on any atom is -0.338 e. The Morgan fingerprint density at radius 1 is 1.18 bits per heavy atom. The molecule has 2 aromatic rings. The summed E-state index contributed by atoms with van der Waals surface area (Å²) in [7, 11) is 0. The van der Waals surface area contributed by atoms with Gasteiger partial charge in [-0.15, -0.1) is 11.8 Å². The lowest BCUT2D eigenvalue weighted by Gasteiger charge is -2.08. The summed E-state index contributed by atoms with van der Waals surface area (Å²) in [6.07, 6.45) is 0.850. The Morgan fingerprint density at radius 3 is 2.68 bits per heavy atom. The van der Waals surface area contributed by atoms with Crippen LogP contribution in [-0.2, 0) is 0 Å². The topological polar surface area (TPSA) is 41.1 Å². The maximum atomic E-state index is 12.8. The van der Waals surface area contributed by atoms with Crippen LogP contribution in [0.1, 0.15) is 12.0 Å². The summed E-state index contributed by atoms with van der Waals surface area (Å²) in [4.78, 5) is 12.8. The van der Waals surface area contributed by atoms with Crippen molar-refractivity contribution in [2.45, 2.75) is 18.2 Å². The van der Waals surface area contributed by atoms with Gasteiger partial charge in [-0.3, -0.25) is 0 Å². The second kappa shape index (κ2) is 8.44. The van der Waals surface area contributed by atoms with Crippen LogP contribution in [0.2, 0.25) is 0 Å². The number of rotatable bonds is 6. The van der Waals surface area contributed by atoms with Gasteiger partial charge in [0.05, 0.1) is 0 Å². The zero-order valence-electron chi connectivity index (χ0n) is 12.4. The molecule has 0 aliphatic carbocycles. The Hall–Kier alpha value is -2.01. The largest absolute Gasteiger partial charge is 0.338 e. The van der Waals surface area contributed by atoms with Gasteiger partial charge in [0, 0.05) is 17.1 Å². The van der Waals surface area contributed by atoms with E-state index in [-0.39, 0.29) is 11.8 Å². The second-order valence-corrected chi connectivity index (χ2v) is 6.07. The number of thioether (sulfide) groups is 1. The number of halogens is 1. The molecule has 0 bridgehead atoms. The lowest BCUT2D eigenvalue weighted by atomic mass is 10.2. The fourth-order valence-electron chi connectivity index (χ4n) is 1.89. The molecular weight excluding hydrogens is 299 g/mol. The average molecular weight is 318 g/mol. The monoisotopic (exact) mass is 318 g/mol. The fraction of sp³-hybridized carbons (Fsp3) is 0.235. The van der Waals surface area contributed by atoms with Gasteiger partial charge in [-0.05, 0) is 61.1 Å². The van der Waals surface area contributed by atoms with Gasteiger partial charge in [0.25, 0.3) is 0 Å². The Bertz CT molecular complexity index is 616. The highest BCUT2D eigenvalue weighted by Gasteiger charge is 2.01. The molecule has 2 amide bonds. The Kier molecular flexibility index (Phi) is 6.27. The van der Waals surface area contributed by atoms with Gasteiger partial charge in [-0.1, -0.05) is 12.1 Å². The molecule has 2 rings (SSSR count). The number of anilines is 1. The van der Waals surface area contributed by atoms with Crippen molar-refractivity contribution in [1.29, 1.82) is 0 Å². The van der Waals surface area contributed by atoms with Gasteiger partial charge >= 0.3 is 6.03 Å². The Morgan fingerprint density at radius 2 is 1.95 bits per heavy atom. The van der Waals surface area contributed by atoms with E-state index in [1.54, 1.807) is 23.9 Å². The molecule has 5 heteroatoms. The SMILES string of the molecule is Cc1cccc(NC(=O)NCCCSc2ccc(F)cc2)c1. The quantitative estimate of drug-likeness (QED) is 0.611. The average Bonchev–Trinajstić information content (AvgIpc) is 2.49. The number of hydrogen-bond donors (Lipinski definition) is 2. The van der Waals surface area contributed by atoms with Crippen LogP contribution in [0.15, 0.2) is 53.4 Å². The third kappa shape index (κ3) is 5.77. The molecule has 0 heterocycles. The van der Waals surface area contributed by atoms with Crippen molar-refractivity contribution in [1.82, 2.24) is 5.32 Å². The van der Waals surface area contributed by atoms with Gasteiger partial charge in [-0.25, -0.2) is 9.18 Å². The molecule has 2 aromatic carbocycles. The predicted octanol–water partition coefficient (Wildman–Crippen LogP) is 4.44. The molecule has 0 aromatic heterocycles. The highest BCUT2D eigenvalue weighted by Crippen LogP contribution is 2.18. The Labute approximate surface area is 134 Å². The van der Waals surface area contributed by atoms with E-state index in [0.717, 1.165) is 28.3 Å². The van der Waals surface area contributed by atoms with Crippen molar-refractivity contribution in [2.75, 3.05) is 17.6 Å². The first-order chi connectivity index (χ1) is 10.6. The summed E-state index contributed by atoms with van der Waals surface area (Å²) >= 11 is 1.65. The summed E-state index contributed by atoms with van der Waals surface area (Å²) in [6, 6.07) is 13.9. The van der Waals surface area contributed by atoms with E-state index >= 15 is 0 Å². The van der Waals surface area contributed by atoms with Crippen LogP contribution in [0.4, 0.5) is 14.9 Å². The summed E-state index contributed by atoms with van der Waals surface area (Å²) in [6.45, 7) is 2.58. The van der Waals surface area contributed by atoms with Crippen molar-refractivity contribution >= 4 is 23.5 Å². The van der Waals surface area contributed by atoms with Gasteiger partial charge < -0.3 is 10.6 Å². The van der Waals surface area contributed by atoms with Crippen molar-refractivity contribution in [3.05, 3.63) is 59.9 Å². The maximum absolute atomic E-state index is 12.8. The molecule has 3 nitrogen and oxygen atoms in total. The number of carbonyl (C=O) groups is 1. The molecule has 0 aliphatic heterocycles. The molecule has 0 unspecified atom stereocenters. The molecule has 22 heavy (non-hydrogen) atoms. The molecule has 0 radical (unpaired) electrons. The van der Waals surface area contributed by atoms with E-state index in [0.29, 0.717) is 6.54 Å². The van der Waals surface area contributed by atoms with Crippen LogP contribution in [0.5, 0.6) is 0 Å². The minimum atomic E-state index is -0.223.